The lowest BCUT2D eigenvalue weighted by atomic mass is 10.0. The molecule has 0 saturated carbocycles. The maximum atomic E-state index is 5.73. The molecule has 0 amide bonds. The molecule has 0 aliphatic rings. The van der Waals surface area contributed by atoms with Crippen molar-refractivity contribution < 1.29 is 0 Å². The average Bonchev–Trinajstić information content (AvgIpc) is 2.48. The molecule has 0 aliphatic heterocycles. The van der Waals surface area contributed by atoms with Crippen LogP contribution in [0.2, 0.25) is 0 Å². The van der Waals surface area contributed by atoms with Crippen molar-refractivity contribution in [3.63, 3.8) is 0 Å². The molecule has 1 aromatic heterocycles. The number of aromatic nitrogens is 2. The van der Waals surface area contributed by atoms with E-state index in [1.54, 1.807) is 0 Å². The maximum absolute atomic E-state index is 5.73. The van der Waals surface area contributed by atoms with E-state index in [1.165, 1.54) is 11.1 Å². The highest BCUT2D eigenvalue weighted by Crippen LogP contribution is 2.23. The summed E-state index contributed by atoms with van der Waals surface area (Å²) in [5, 5.41) is 0. The zero-order valence-corrected chi connectivity index (χ0v) is 12.6. The van der Waals surface area contributed by atoms with E-state index in [9.17, 15) is 0 Å². The Balaban J connectivity index is 2.59. The number of benzene rings is 1. The van der Waals surface area contributed by atoms with Crippen molar-refractivity contribution >= 4 is 0 Å². The van der Waals surface area contributed by atoms with Crippen molar-refractivity contribution in [2.75, 3.05) is 6.54 Å². The number of hydrogen-bond acceptors (Lipinski definition) is 3. The molecule has 106 valence electrons. The summed E-state index contributed by atoms with van der Waals surface area (Å²) in [6.45, 7) is 7.03. The minimum Gasteiger partial charge on any atom is -0.330 e. The zero-order valence-electron chi connectivity index (χ0n) is 12.6. The first-order valence-corrected chi connectivity index (χ1v) is 7.35. The van der Waals surface area contributed by atoms with Gasteiger partial charge in [0.2, 0.25) is 0 Å². The fraction of sp³-hybridized carbons (Fsp3) is 0.412. The molecular weight excluding hydrogens is 246 g/mol. The van der Waals surface area contributed by atoms with E-state index in [1.807, 2.05) is 12.1 Å². The third-order valence-electron chi connectivity index (χ3n) is 3.63. The largest absolute Gasteiger partial charge is 0.330 e. The summed E-state index contributed by atoms with van der Waals surface area (Å²) < 4.78 is 0. The van der Waals surface area contributed by atoms with Crippen LogP contribution in [0.3, 0.4) is 0 Å². The van der Waals surface area contributed by atoms with Crippen LogP contribution in [0.25, 0.3) is 11.4 Å². The lowest BCUT2D eigenvalue weighted by Crippen LogP contribution is -2.12. The lowest BCUT2D eigenvalue weighted by molar-refractivity contribution is 0.844. The highest BCUT2D eigenvalue weighted by molar-refractivity contribution is 5.60. The fourth-order valence-electron chi connectivity index (χ4n) is 2.54. The Morgan fingerprint density at radius 3 is 2.10 bits per heavy atom. The molecule has 2 N–H and O–H groups in total. The van der Waals surface area contributed by atoms with Gasteiger partial charge in [-0.25, -0.2) is 9.97 Å². The smallest absolute Gasteiger partial charge is 0.159 e. The van der Waals surface area contributed by atoms with Crippen LogP contribution in [0.5, 0.6) is 0 Å². The van der Waals surface area contributed by atoms with Gasteiger partial charge in [-0.1, -0.05) is 38.1 Å². The van der Waals surface area contributed by atoms with Crippen molar-refractivity contribution in [3.05, 3.63) is 46.8 Å². The van der Waals surface area contributed by atoms with Gasteiger partial charge in [-0.2, -0.15) is 0 Å². The van der Waals surface area contributed by atoms with Gasteiger partial charge in [0.15, 0.2) is 5.82 Å². The molecule has 1 heterocycles. The number of nitrogens with zero attached hydrogens (tertiary/aromatic N) is 2. The second-order valence-electron chi connectivity index (χ2n) is 4.98. The first kappa shape index (κ1) is 14.7. The number of rotatable bonds is 5. The number of hydrogen-bond donors (Lipinski definition) is 1. The minimum absolute atomic E-state index is 0.646. The summed E-state index contributed by atoms with van der Waals surface area (Å²) in [6.07, 6.45) is 2.70. The first-order valence-electron chi connectivity index (χ1n) is 7.35. The van der Waals surface area contributed by atoms with Gasteiger partial charge < -0.3 is 5.73 Å². The van der Waals surface area contributed by atoms with Crippen molar-refractivity contribution in [2.45, 2.75) is 40.0 Å². The summed E-state index contributed by atoms with van der Waals surface area (Å²) in [4.78, 5) is 9.57. The third-order valence-corrected chi connectivity index (χ3v) is 3.63. The van der Waals surface area contributed by atoms with E-state index in [2.05, 4.69) is 32.9 Å². The van der Waals surface area contributed by atoms with Crippen LogP contribution in [-0.2, 0) is 19.3 Å². The number of aryl methyl sites for hydroxylation is 3. The van der Waals surface area contributed by atoms with Gasteiger partial charge in [0.05, 0.1) is 0 Å². The predicted octanol–water partition coefficient (Wildman–Crippen LogP) is 3.08. The van der Waals surface area contributed by atoms with Crippen molar-refractivity contribution in [1.29, 1.82) is 0 Å². The lowest BCUT2D eigenvalue weighted by Gasteiger charge is -2.14. The molecule has 0 radical (unpaired) electrons. The van der Waals surface area contributed by atoms with Gasteiger partial charge in [-0.3, -0.25) is 0 Å². The molecule has 0 saturated heterocycles. The fourth-order valence-corrected chi connectivity index (χ4v) is 2.54. The Labute approximate surface area is 121 Å². The van der Waals surface area contributed by atoms with E-state index in [-0.39, 0.29) is 0 Å². The molecule has 0 atom stereocenters. The van der Waals surface area contributed by atoms with E-state index in [4.69, 9.17) is 15.7 Å². The van der Waals surface area contributed by atoms with Crippen LogP contribution in [0, 0.1) is 6.92 Å². The monoisotopic (exact) mass is 269 g/mol. The minimum atomic E-state index is 0.646. The molecule has 3 heteroatoms. The van der Waals surface area contributed by atoms with Crippen LogP contribution in [-0.4, -0.2) is 16.5 Å². The summed E-state index contributed by atoms with van der Waals surface area (Å²) in [5.41, 5.74) is 11.6. The standard InChI is InChI=1S/C17H23N3/c1-4-15-14(10-11-18)16(5-2)20-17(19-15)13-9-7-6-8-12(13)3/h6-9H,4-5,10-11,18H2,1-3H3. The van der Waals surface area contributed by atoms with Crippen LogP contribution in [0.15, 0.2) is 24.3 Å². The summed E-state index contributed by atoms with van der Waals surface area (Å²) in [5.74, 6) is 0.845. The van der Waals surface area contributed by atoms with E-state index < -0.39 is 0 Å². The molecule has 2 aromatic rings. The van der Waals surface area contributed by atoms with Gasteiger partial charge in [0, 0.05) is 17.0 Å². The van der Waals surface area contributed by atoms with E-state index in [0.717, 1.165) is 42.0 Å². The molecule has 0 spiro atoms. The summed E-state index contributed by atoms with van der Waals surface area (Å²) in [7, 11) is 0. The van der Waals surface area contributed by atoms with E-state index >= 15 is 0 Å². The molecule has 0 fully saturated rings. The van der Waals surface area contributed by atoms with Crippen molar-refractivity contribution in [3.8, 4) is 11.4 Å². The Morgan fingerprint density at radius 1 is 1.00 bits per heavy atom. The Bertz CT molecular complexity index is 566. The van der Waals surface area contributed by atoms with Crippen LogP contribution in [0.4, 0.5) is 0 Å². The molecular formula is C17H23N3. The predicted molar refractivity (Wildman–Crippen MR) is 83.7 cm³/mol. The molecule has 3 nitrogen and oxygen atoms in total. The molecule has 0 bridgehead atoms. The molecule has 0 unspecified atom stereocenters. The van der Waals surface area contributed by atoms with E-state index in [0.29, 0.717) is 6.54 Å². The second kappa shape index (κ2) is 6.62. The second-order valence-corrected chi connectivity index (χ2v) is 4.98. The normalized spacial score (nSPS) is 10.8. The van der Waals surface area contributed by atoms with Crippen LogP contribution >= 0.6 is 0 Å². The van der Waals surface area contributed by atoms with Gasteiger partial charge in [-0.15, -0.1) is 0 Å². The quantitative estimate of drug-likeness (QED) is 0.907. The molecule has 2 rings (SSSR count). The van der Waals surface area contributed by atoms with Gasteiger partial charge in [0.25, 0.3) is 0 Å². The highest BCUT2D eigenvalue weighted by Gasteiger charge is 2.13. The van der Waals surface area contributed by atoms with Crippen LogP contribution < -0.4 is 5.73 Å². The van der Waals surface area contributed by atoms with Gasteiger partial charge in [-0.05, 0) is 43.9 Å². The van der Waals surface area contributed by atoms with Gasteiger partial charge >= 0.3 is 0 Å². The van der Waals surface area contributed by atoms with Crippen LogP contribution in [0.1, 0.15) is 36.4 Å². The molecule has 20 heavy (non-hydrogen) atoms. The molecule has 1 aromatic carbocycles. The highest BCUT2D eigenvalue weighted by atomic mass is 14.9. The third kappa shape index (κ3) is 2.88. The zero-order chi connectivity index (χ0) is 14.5. The maximum Gasteiger partial charge on any atom is 0.159 e. The summed E-state index contributed by atoms with van der Waals surface area (Å²) in [6, 6.07) is 8.27. The Morgan fingerprint density at radius 2 is 1.60 bits per heavy atom. The van der Waals surface area contributed by atoms with Gasteiger partial charge in [0.1, 0.15) is 0 Å². The summed E-state index contributed by atoms with van der Waals surface area (Å²) >= 11 is 0. The Hall–Kier alpha value is -1.74. The molecule has 0 aliphatic carbocycles. The van der Waals surface area contributed by atoms with Crippen molar-refractivity contribution in [1.82, 2.24) is 9.97 Å². The number of nitrogens with two attached hydrogens (primary N) is 1. The topological polar surface area (TPSA) is 51.8 Å². The Kier molecular flexibility index (Phi) is 4.85. The average molecular weight is 269 g/mol. The first-order chi connectivity index (χ1) is 9.71. The SMILES string of the molecule is CCc1nc(-c2ccccc2C)nc(CC)c1CCN. The van der Waals surface area contributed by atoms with Crippen molar-refractivity contribution in [2.24, 2.45) is 5.73 Å².